The first-order chi connectivity index (χ1) is 43.8. The van der Waals surface area contributed by atoms with Gasteiger partial charge in [0.1, 0.15) is 121 Å². The lowest BCUT2D eigenvalue weighted by molar-refractivity contribution is -0.0655. The van der Waals surface area contributed by atoms with E-state index in [1.54, 1.807) is 0 Å². The zero-order valence-electron chi connectivity index (χ0n) is 46.2. The van der Waals surface area contributed by atoms with Crippen molar-refractivity contribution in [3.8, 4) is 0 Å². The Labute approximate surface area is 514 Å². The summed E-state index contributed by atoms with van der Waals surface area (Å²) in [5.74, 6) is -0.560. The first kappa shape index (κ1) is 66.6. The van der Waals surface area contributed by atoms with Gasteiger partial charge in [0.05, 0.1) is 51.7 Å². The molecule has 19 atom stereocenters. The number of nitrogen functional groups attached to an aromatic ring is 4. The van der Waals surface area contributed by atoms with Gasteiger partial charge >= 0.3 is 39.1 Å². The normalized spacial score (nSPS) is 30.7. The van der Waals surface area contributed by atoms with Gasteiger partial charge in [-0.15, -0.1) is 0 Å². The molecule has 8 aromatic rings. The van der Waals surface area contributed by atoms with Crippen LogP contribution in [0.25, 0.3) is 44.7 Å². The highest BCUT2D eigenvalue weighted by Crippen LogP contribution is 2.55. The van der Waals surface area contributed by atoms with Crippen molar-refractivity contribution in [2.75, 3.05) is 49.4 Å². The molecule has 0 aromatic carbocycles. The second-order valence-electron chi connectivity index (χ2n) is 20.4. The Morgan fingerprint density at radius 3 is 0.828 bits per heavy atom. The Morgan fingerprint density at radius 1 is 0.355 bits per heavy atom. The third kappa shape index (κ3) is 13.6. The Bertz CT molecular complexity index is 4350. The SMILES string of the molecule is Nc1ncnc2c1ncn2[C@@H]1O[C@H](COP(=O)(O)O)[C@H](O)[C@H]1OP(=O)(O)OC[C@H]1O[C@@H](n2cnc3c(N)ncnc32)[C@H](OP(=O)(O)OC[C@H]2O[C@@H](n3cnc4c(N)ncnc43)[C@H](OP(=O)(O)OC[C@H]3O[C@@H](n4cnc5c(N)ncnc54)[C@H](OP(=O)(O)O)[C@@H]3O)[C@@H]2O)[C@@H]1O. The summed E-state index contributed by atoms with van der Waals surface area (Å²) in [6.07, 6.45) is -22.3. The highest BCUT2D eigenvalue weighted by atomic mass is 31.2. The van der Waals surface area contributed by atoms with Crippen LogP contribution in [-0.4, -0.2) is 232 Å². The van der Waals surface area contributed by atoms with Gasteiger partial charge in [0.2, 0.25) is 0 Å². The largest absolute Gasteiger partial charge is 0.472 e. The summed E-state index contributed by atoms with van der Waals surface area (Å²) in [7, 11) is -27.4. The molecule has 4 aliphatic rings. The van der Waals surface area contributed by atoms with Crippen molar-refractivity contribution in [2.24, 2.45) is 0 Å². The maximum atomic E-state index is 14.2. The monoisotopic (exact) mass is 1410 g/mol. The van der Waals surface area contributed by atoms with Gasteiger partial charge in [0.25, 0.3) is 0 Å². The van der Waals surface area contributed by atoms with Crippen LogP contribution in [-0.2, 0) is 78.0 Å². The average molecular weight is 1410 g/mol. The first-order valence-electron chi connectivity index (χ1n) is 26.3. The molecule has 0 aliphatic carbocycles. The van der Waals surface area contributed by atoms with E-state index in [4.69, 9.17) is 73.5 Å². The molecular weight excluding hydrogens is 1360 g/mol. The highest BCUT2D eigenvalue weighted by molar-refractivity contribution is 7.48. The van der Waals surface area contributed by atoms with Crippen molar-refractivity contribution >= 4 is 107 Å². The molecule has 48 nitrogen and oxygen atoms in total. The van der Waals surface area contributed by atoms with E-state index < -0.39 is 164 Å². The number of hydrogen-bond acceptors (Lipinski definition) is 37. The van der Waals surface area contributed by atoms with Gasteiger partial charge in [-0.05, 0) is 0 Å². The van der Waals surface area contributed by atoms with Gasteiger partial charge in [-0.25, -0.2) is 82.6 Å². The molecule has 3 unspecified atom stereocenters. The van der Waals surface area contributed by atoms with Gasteiger partial charge in [0, 0.05) is 0 Å². The number of nitrogens with two attached hydrogens (primary N) is 4. The molecule has 4 fully saturated rings. The summed E-state index contributed by atoms with van der Waals surface area (Å²) >= 11 is 0. The Kier molecular flexibility index (Phi) is 18.1. The molecule has 19 N–H and O–H groups in total. The van der Waals surface area contributed by atoms with E-state index in [1.807, 2.05) is 0 Å². The van der Waals surface area contributed by atoms with Crippen LogP contribution in [0.15, 0.2) is 50.6 Å². The lowest BCUT2D eigenvalue weighted by Crippen LogP contribution is -2.37. The third-order valence-corrected chi connectivity index (χ3v) is 18.5. The van der Waals surface area contributed by atoms with Crippen molar-refractivity contribution in [1.29, 1.82) is 0 Å². The number of aliphatic hydroxyl groups is 4. The van der Waals surface area contributed by atoms with E-state index in [9.17, 15) is 77.5 Å². The minimum atomic E-state index is -5.68. The number of fused-ring (bicyclic) bond motifs is 4. The van der Waals surface area contributed by atoms with E-state index in [0.29, 0.717) is 0 Å². The summed E-state index contributed by atoms with van der Waals surface area (Å²) in [6.45, 7) is -4.43. The number of hydrogen-bond donors (Lipinski definition) is 15. The molecule has 0 spiro atoms. The number of nitrogens with zero attached hydrogens (tertiary/aromatic N) is 16. The fourth-order valence-electron chi connectivity index (χ4n) is 10.4. The zero-order valence-corrected chi connectivity index (χ0v) is 50.7. The quantitative estimate of drug-likeness (QED) is 0.0255. The van der Waals surface area contributed by atoms with Crippen molar-refractivity contribution in [2.45, 2.75) is 98.2 Å². The Hall–Kier alpha value is -6.37. The molecule has 504 valence electrons. The van der Waals surface area contributed by atoms with Crippen LogP contribution in [0.4, 0.5) is 23.3 Å². The fraction of sp³-hybridized carbons (Fsp3) is 0.500. The maximum Gasteiger partial charge on any atom is 0.472 e. The molecular formula is C40H51N20O28P5. The topological polar surface area (TPSA) is 697 Å². The van der Waals surface area contributed by atoms with Crippen LogP contribution in [0.3, 0.4) is 0 Å². The molecule has 0 amide bonds. The minimum absolute atomic E-state index is 0.000116. The highest BCUT2D eigenvalue weighted by Gasteiger charge is 2.56. The lowest BCUT2D eigenvalue weighted by Gasteiger charge is -2.25. The van der Waals surface area contributed by atoms with Gasteiger partial charge in [-0.1, -0.05) is 0 Å². The van der Waals surface area contributed by atoms with Crippen molar-refractivity contribution < 1.29 is 133 Å². The molecule has 8 aromatic heterocycles. The van der Waals surface area contributed by atoms with Crippen LogP contribution < -0.4 is 22.9 Å². The first-order valence-corrected chi connectivity index (χ1v) is 33.9. The summed E-state index contributed by atoms with van der Waals surface area (Å²) in [5, 5.41) is 46.3. The van der Waals surface area contributed by atoms with E-state index in [1.165, 1.54) is 0 Å². The second kappa shape index (κ2) is 25.3. The van der Waals surface area contributed by atoms with Crippen LogP contribution in [0.2, 0.25) is 0 Å². The average Bonchev–Trinajstić information content (AvgIpc) is 1.65. The minimum Gasteiger partial charge on any atom is -0.387 e. The number of phosphoric ester groups is 5. The predicted molar refractivity (Wildman–Crippen MR) is 295 cm³/mol. The Morgan fingerprint density at radius 2 is 0.591 bits per heavy atom. The molecule has 12 heterocycles. The van der Waals surface area contributed by atoms with Gasteiger partial charge in [0.15, 0.2) is 70.8 Å². The van der Waals surface area contributed by atoms with Gasteiger partial charge in [-0.2, -0.15) is 0 Å². The van der Waals surface area contributed by atoms with E-state index in [-0.39, 0.29) is 67.9 Å². The molecule has 12 rings (SSSR count). The Balaban J connectivity index is 0.757. The standard InChI is InChI=1S/C40H51N20O28P5/c41-29-17-33(49-5-45-29)57(9-53-17)37-25(85-90(68,69)70)21(61)14(82-37)2-78-91(71,72)87-27-23(63)16(84-39(27)59-11-55-19-31(43)47-7-51-35(19)59)4-80-93(75,76)88-28-24(64)15(83-40(28)60-12-56-20-32(44)48-8-52-36(20)60)3-79-92(73,74)86-26-22(62)13(1-77-89(65,66)67)81-38(26)58-10-54-18-30(42)46-6-50-34(18)58/h5-16,21-28,37-40,61-64H,1-4H2,(H,71,72)(H,73,74)(H,75,76)(H2,41,45,49)(H2,42,46,50)(H2,43,47,51)(H2,44,48,52)(H2,65,66,67)(H2,68,69,70)/t13-,14-,15-,16-,21-,22+,23-,24-,25-,26-,27-,28-,37-,38-,39-,40-/m1/s1. The summed E-state index contributed by atoms with van der Waals surface area (Å²) in [6, 6.07) is 0. The summed E-state index contributed by atoms with van der Waals surface area (Å²) in [4.78, 5) is 120. The number of aliphatic hydroxyl groups excluding tert-OH is 4. The summed E-state index contributed by atoms with van der Waals surface area (Å²) < 4.78 is 135. The fourth-order valence-corrected chi connectivity index (χ4v) is 14.1. The predicted octanol–water partition coefficient (Wildman–Crippen LogP) is -4.20. The summed E-state index contributed by atoms with van der Waals surface area (Å²) in [5.41, 5.74) is 23.4. The zero-order chi connectivity index (χ0) is 66.4. The smallest absolute Gasteiger partial charge is 0.387 e. The van der Waals surface area contributed by atoms with E-state index in [2.05, 4.69) is 64.3 Å². The molecule has 93 heavy (non-hydrogen) atoms. The van der Waals surface area contributed by atoms with E-state index >= 15 is 0 Å². The van der Waals surface area contributed by atoms with Crippen LogP contribution in [0.1, 0.15) is 24.9 Å². The molecule has 4 saturated heterocycles. The maximum absolute atomic E-state index is 14.2. The van der Waals surface area contributed by atoms with E-state index in [0.717, 1.165) is 68.9 Å². The van der Waals surface area contributed by atoms with Crippen molar-refractivity contribution in [3.63, 3.8) is 0 Å². The van der Waals surface area contributed by atoms with Crippen molar-refractivity contribution in [1.82, 2.24) is 78.1 Å². The third-order valence-electron chi connectivity index (χ3n) is 14.5. The number of rotatable bonds is 24. The van der Waals surface area contributed by atoms with Gasteiger partial charge < -0.3 is 96.6 Å². The number of aromatic nitrogens is 16. The number of ether oxygens (including phenoxy) is 4. The lowest BCUT2D eigenvalue weighted by atomic mass is 10.1. The van der Waals surface area contributed by atoms with Crippen LogP contribution in [0.5, 0.6) is 0 Å². The molecule has 53 heteroatoms. The van der Waals surface area contributed by atoms with Gasteiger partial charge in [-0.3, -0.25) is 54.5 Å². The van der Waals surface area contributed by atoms with Crippen LogP contribution >= 0.6 is 39.1 Å². The molecule has 0 bridgehead atoms. The number of imidazole rings is 4. The number of phosphoric acid groups is 5. The molecule has 4 aliphatic heterocycles. The van der Waals surface area contributed by atoms with Crippen LogP contribution in [0, 0.1) is 0 Å². The van der Waals surface area contributed by atoms with Crippen molar-refractivity contribution in [3.05, 3.63) is 50.6 Å². The molecule has 0 radical (unpaired) electrons. The second-order valence-corrected chi connectivity index (χ2v) is 27.1. The number of anilines is 4. The molecule has 0 saturated carbocycles.